The molecule has 0 saturated heterocycles. The van der Waals surface area contributed by atoms with Crippen molar-refractivity contribution in [2.75, 3.05) is 5.32 Å². The number of aromatic carboxylic acids is 1. The Kier molecular flexibility index (Phi) is 6.39. The van der Waals surface area contributed by atoms with E-state index in [0.717, 1.165) is 6.42 Å². The summed E-state index contributed by atoms with van der Waals surface area (Å²) in [6.45, 7) is 9.53. The zero-order chi connectivity index (χ0) is 21.1. The topological polar surface area (TPSA) is 83.5 Å². The number of hydrogen-bond donors (Lipinski definition) is 2. The van der Waals surface area contributed by atoms with Gasteiger partial charge in [0.25, 0.3) is 5.91 Å². The third-order valence-electron chi connectivity index (χ3n) is 4.24. The predicted octanol–water partition coefficient (Wildman–Crippen LogP) is 5.06. The molecule has 148 valence electrons. The van der Waals surface area contributed by atoms with E-state index in [1.807, 2.05) is 24.3 Å². The molecule has 0 atom stereocenters. The molecule has 0 fully saturated rings. The fraction of sp³-hybridized carbons (Fsp3) is 0.348. The van der Waals surface area contributed by atoms with Crippen molar-refractivity contribution in [1.29, 1.82) is 0 Å². The van der Waals surface area contributed by atoms with Gasteiger partial charge in [0.05, 0.1) is 5.56 Å². The van der Waals surface area contributed by atoms with Gasteiger partial charge in [-0.2, -0.15) is 0 Å². The van der Waals surface area contributed by atoms with Crippen molar-refractivity contribution < 1.29 is 19.5 Å². The number of amides is 1. The molecule has 5 heteroatoms. The van der Waals surface area contributed by atoms with Crippen molar-refractivity contribution in [3.05, 3.63) is 64.7 Å². The number of benzene rings is 2. The van der Waals surface area contributed by atoms with Crippen LogP contribution in [0.2, 0.25) is 0 Å². The molecule has 2 aromatic rings. The molecule has 0 bridgehead atoms. The second-order valence-electron chi connectivity index (χ2n) is 8.43. The third kappa shape index (κ3) is 5.52. The van der Waals surface area contributed by atoms with Gasteiger partial charge in [-0.1, -0.05) is 46.8 Å². The van der Waals surface area contributed by atoms with Crippen LogP contribution in [0.5, 0.6) is 0 Å². The number of carbonyl (C=O) groups excluding carboxylic acids is 2. The zero-order valence-electron chi connectivity index (χ0n) is 17.0. The van der Waals surface area contributed by atoms with Crippen LogP contribution in [0.25, 0.3) is 0 Å². The van der Waals surface area contributed by atoms with Gasteiger partial charge in [-0.25, -0.2) is 4.79 Å². The van der Waals surface area contributed by atoms with Gasteiger partial charge >= 0.3 is 5.97 Å². The van der Waals surface area contributed by atoms with Gasteiger partial charge in [0.15, 0.2) is 5.78 Å². The summed E-state index contributed by atoms with van der Waals surface area (Å²) in [6.07, 6.45) is 0.952. The quantitative estimate of drug-likeness (QED) is 0.685. The summed E-state index contributed by atoms with van der Waals surface area (Å²) in [5, 5.41) is 12.1. The first-order valence-electron chi connectivity index (χ1n) is 9.31. The zero-order valence-corrected chi connectivity index (χ0v) is 17.0. The van der Waals surface area contributed by atoms with Crippen LogP contribution < -0.4 is 5.32 Å². The van der Waals surface area contributed by atoms with E-state index in [4.69, 9.17) is 0 Å². The number of carbonyl (C=O) groups is 3. The Hall–Kier alpha value is -2.95. The Bertz CT molecular complexity index is 890. The Morgan fingerprint density at radius 2 is 1.46 bits per heavy atom. The van der Waals surface area contributed by atoms with Gasteiger partial charge in [-0.15, -0.1) is 0 Å². The summed E-state index contributed by atoms with van der Waals surface area (Å²) in [5.74, 6) is -1.32. The lowest BCUT2D eigenvalue weighted by molar-refractivity contribution is 0.0697. The minimum atomic E-state index is -1.18. The van der Waals surface area contributed by atoms with E-state index in [-0.39, 0.29) is 22.5 Å². The van der Waals surface area contributed by atoms with E-state index < -0.39 is 17.3 Å². The Balaban J connectivity index is 2.30. The molecule has 1 amide bonds. The van der Waals surface area contributed by atoms with Gasteiger partial charge in [-0.05, 0) is 48.2 Å². The normalized spacial score (nSPS) is 11.4. The number of nitrogens with one attached hydrogen (secondary N) is 1. The largest absolute Gasteiger partial charge is 0.478 e. The van der Waals surface area contributed by atoms with Crippen molar-refractivity contribution in [1.82, 2.24) is 0 Å². The Morgan fingerprint density at radius 3 is 1.96 bits per heavy atom. The van der Waals surface area contributed by atoms with Gasteiger partial charge in [-0.3, -0.25) is 9.59 Å². The van der Waals surface area contributed by atoms with Crippen LogP contribution >= 0.6 is 0 Å². The highest BCUT2D eigenvalue weighted by molar-refractivity contribution is 6.09. The number of carboxylic acid groups (broad SMARTS) is 1. The molecule has 2 rings (SSSR count). The van der Waals surface area contributed by atoms with Crippen molar-refractivity contribution in [3.8, 4) is 0 Å². The van der Waals surface area contributed by atoms with Crippen LogP contribution in [0.3, 0.4) is 0 Å². The molecule has 0 aliphatic carbocycles. The molecule has 0 unspecified atom stereocenters. The summed E-state index contributed by atoms with van der Waals surface area (Å²) in [7, 11) is 0. The molecule has 0 radical (unpaired) electrons. The lowest BCUT2D eigenvalue weighted by Gasteiger charge is -2.17. The fourth-order valence-electron chi connectivity index (χ4n) is 2.85. The average Bonchev–Trinajstić information content (AvgIpc) is 2.61. The number of Topliss-reactive ketones (excluding diaryl/α,β-unsaturated/α-hetero) is 1. The van der Waals surface area contributed by atoms with Crippen molar-refractivity contribution in [2.45, 2.75) is 41.0 Å². The number of carboxylic acids is 1. The van der Waals surface area contributed by atoms with Crippen molar-refractivity contribution >= 4 is 23.3 Å². The number of hydrogen-bond acceptors (Lipinski definition) is 3. The number of anilines is 1. The van der Waals surface area contributed by atoms with E-state index in [0.29, 0.717) is 11.6 Å². The van der Waals surface area contributed by atoms with Gasteiger partial charge in [0.2, 0.25) is 0 Å². The first-order valence-corrected chi connectivity index (χ1v) is 9.31. The molecule has 5 nitrogen and oxygen atoms in total. The molecule has 2 aromatic carbocycles. The maximum absolute atomic E-state index is 12.7. The molecule has 2 N–H and O–H groups in total. The number of rotatable bonds is 6. The van der Waals surface area contributed by atoms with E-state index in [9.17, 15) is 19.5 Å². The second kappa shape index (κ2) is 8.38. The highest BCUT2D eigenvalue weighted by atomic mass is 16.4. The van der Waals surface area contributed by atoms with Crippen LogP contribution in [-0.4, -0.2) is 22.8 Å². The summed E-state index contributed by atoms with van der Waals surface area (Å²) in [4.78, 5) is 36.7. The molecule has 0 aromatic heterocycles. The van der Waals surface area contributed by atoms with Crippen LogP contribution in [0.1, 0.15) is 71.3 Å². The lowest BCUT2D eigenvalue weighted by Crippen LogP contribution is -2.22. The Morgan fingerprint density at radius 1 is 0.929 bits per heavy atom. The minimum Gasteiger partial charge on any atom is -0.478 e. The van der Waals surface area contributed by atoms with Crippen LogP contribution in [0.4, 0.5) is 5.69 Å². The van der Waals surface area contributed by atoms with E-state index in [1.165, 1.54) is 23.8 Å². The average molecular weight is 381 g/mol. The summed E-state index contributed by atoms with van der Waals surface area (Å²) in [5.41, 5.74) is 1.37. The molecule has 0 saturated carbocycles. The summed E-state index contributed by atoms with van der Waals surface area (Å²) < 4.78 is 0. The van der Waals surface area contributed by atoms with Crippen LogP contribution in [-0.2, 0) is 6.42 Å². The highest BCUT2D eigenvalue weighted by Crippen LogP contribution is 2.23. The second-order valence-corrected chi connectivity index (χ2v) is 8.43. The van der Waals surface area contributed by atoms with Gasteiger partial charge in [0, 0.05) is 22.2 Å². The number of ketones is 1. The molecular weight excluding hydrogens is 354 g/mol. The fourth-order valence-corrected chi connectivity index (χ4v) is 2.85. The molecule has 28 heavy (non-hydrogen) atoms. The van der Waals surface area contributed by atoms with Crippen molar-refractivity contribution in [2.24, 2.45) is 11.3 Å². The smallest absolute Gasteiger partial charge is 0.335 e. The molecule has 0 spiro atoms. The monoisotopic (exact) mass is 381 g/mol. The summed E-state index contributed by atoms with van der Waals surface area (Å²) >= 11 is 0. The van der Waals surface area contributed by atoms with E-state index >= 15 is 0 Å². The predicted molar refractivity (Wildman–Crippen MR) is 110 cm³/mol. The molecular formula is C23H27NO4. The highest BCUT2D eigenvalue weighted by Gasteiger charge is 2.25. The Labute approximate surface area is 165 Å². The molecule has 0 heterocycles. The maximum Gasteiger partial charge on any atom is 0.335 e. The van der Waals surface area contributed by atoms with Crippen LogP contribution in [0, 0.1) is 11.3 Å². The third-order valence-corrected chi connectivity index (χ3v) is 4.24. The maximum atomic E-state index is 12.7. The molecule has 0 aliphatic heterocycles. The lowest BCUT2D eigenvalue weighted by atomic mass is 9.85. The first-order chi connectivity index (χ1) is 13.0. The molecule has 0 aliphatic rings. The van der Waals surface area contributed by atoms with E-state index in [1.54, 1.807) is 20.8 Å². The SMILES string of the molecule is CC(C)Cc1ccc(NC(=O)c2cc(C(=O)O)cc(C(=O)C(C)(C)C)c2)cc1. The van der Waals surface area contributed by atoms with Gasteiger partial charge < -0.3 is 10.4 Å². The minimum absolute atomic E-state index is 0.0902. The van der Waals surface area contributed by atoms with Crippen LogP contribution in [0.15, 0.2) is 42.5 Å². The van der Waals surface area contributed by atoms with Crippen molar-refractivity contribution in [3.63, 3.8) is 0 Å². The standard InChI is InChI=1S/C23H27NO4/c1-14(2)10-15-6-8-19(9-7-15)24-21(26)17-11-16(20(25)23(3,4)5)12-18(13-17)22(27)28/h6-9,11-14H,10H2,1-5H3,(H,24,26)(H,27,28). The van der Waals surface area contributed by atoms with Gasteiger partial charge in [0.1, 0.15) is 0 Å². The van der Waals surface area contributed by atoms with E-state index in [2.05, 4.69) is 19.2 Å². The summed E-state index contributed by atoms with van der Waals surface area (Å²) in [6, 6.07) is 11.6. The first kappa shape index (κ1) is 21.4.